The summed E-state index contributed by atoms with van der Waals surface area (Å²) in [6.45, 7) is 5.83. The van der Waals surface area contributed by atoms with Crippen LogP contribution in [0.1, 0.15) is 77.2 Å². The second kappa shape index (κ2) is 6.97. The maximum atomic E-state index is 12.1. The molecule has 1 aromatic rings. The Hall–Kier alpha value is -1.15. The number of Topliss-reactive ketones (excluding diaryl/α,β-unsaturated/α-hetero) is 1. The van der Waals surface area contributed by atoms with Crippen LogP contribution in [0.3, 0.4) is 0 Å². The molecule has 0 spiro atoms. The van der Waals surface area contributed by atoms with Gasteiger partial charge in [-0.25, -0.2) is 0 Å². The molecule has 2 nitrogen and oxygen atoms in total. The van der Waals surface area contributed by atoms with E-state index in [2.05, 4.69) is 44.2 Å². The van der Waals surface area contributed by atoms with Gasteiger partial charge in [0.15, 0.2) is 0 Å². The van der Waals surface area contributed by atoms with E-state index >= 15 is 0 Å². The van der Waals surface area contributed by atoms with Gasteiger partial charge in [-0.05, 0) is 85.0 Å². The summed E-state index contributed by atoms with van der Waals surface area (Å²) in [5, 5.41) is 0. The smallest absolute Gasteiger partial charge is 0.133 e. The van der Waals surface area contributed by atoms with E-state index in [0.29, 0.717) is 28.6 Å². The molecule has 0 N–H and O–H groups in total. The molecule has 0 heterocycles. The minimum atomic E-state index is 0.351. The first-order valence-corrected chi connectivity index (χ1v) is 11.7. The topological polar surface area (TPSA) is 26.3 Å². The quantitative estimate of drug-likeness (QED) is 0.625. The van der Waals surface area contributed by atoms with Gasteiger partial charge in [-0.1, -0.05) is 44.2 Å². The summed E-state index contributed by atoms with van der Waals surface area (Å²) in [6, 6.07) is 10.7. The highest BCUT2D eigenvalue weighted by Crippen LogP contribution is 2.66. The van der Waals surface area contributed by atoms with Crippen LogP contribution in [-0.4, -0.2) is 11.9 Å². The maximum absolute atomic E-state index is 12.1. The molecule has 0 aliphatic heterocycles. The molecule has 152 valence electrons. The van der Waals surface area contributed by atoms with Crippen LogP contribution in [0, 0.1) is 34.5 Å². The summed E-state index contributed by atoms with van der Waals surface area (Å²) in [4.78, 5) is 12.1. The van der Waals surface area contributed by atoms with E-state index in [4.69, 9.17) is 4.74 Å². The number of hydrogen-bond acceptors (Lipinski definition) is 2. The number of hydrogen-bond donors (Lipinski definition) is 0. The lowest BCUT2D eigenvalue weighted by molar-refractivity contribution is -0.146. The molecule has 0 amide bonds. The van der Waals surface area contributed by atoms with Gasteiger partial charge in [0.25, 0.3) is 0 Å². The van der Waals surface area contributed by atoms with Crippen LogP contribution in [0.5, 0.6) is 0 Å². The fraction of sp³-hybridized carbons (Fsp3) is 0.731. The summed E-state index contributed by atoms with van der Waals surface area (Å²) in [7, 11) is 0. The SMILES string of the molecule is CC12CCC(=O)CC1CCC1C2CCC2(C)C(OCc3ccccc3)CCC12. The molecule has 5 rings (SSSR count). The number of ether oxygens (including phenoxy) is 1. The number of ketones is 1. The van der Waals surface area contributed by atoms with Crippen LogP contribution in [0.15, 0.2) is 30.3 Å². The Balaban J connectivity index is 1.32. The molecule has 0 radical (unpaired) electrons. The standard InChI is InChI=1S/C26H36O2/c1-25-14-12-20(27)16-19(25)8-9-21-22-10-11-24(26(22,2)15-13-23(21)25)28-17-18-6-4-3-5-7-18/h3-7,19,21-24H,8-17H2,1-2H3. The second-order valence-electron chi connectivity index (χ2n) is 10.8. The Morgan fingerprint density at radius 1 is 0.929 bits per heavy atom. The minimum Gasteiger partial charge on any atom is -0.373 e. The first kappa shape index (κ1) is 18.9. The Morgan fingerprint density at radius 3 is 2.54 bits per heavy atom. The van der Waals surface area contributed by atoms with Gasteiger partial charge < -0.3 is 4.74 Å². The monoisotopic (exact) mass is 380 g/mol. The number of benzene rings is 1. The van der Waals surface area contributed by atoms with E-state index in [1.807, 2.05) is 0 Å². The zero-order valence-corrected chi connectivity index (χ0v) is 17.7. The first-order valence-electron chi connectivity index (χ1n) is 11.7. The van der Waals surface area contributed by atoms with Crippen LogP contribution in [0.4, 0.5) is 0 Å². The Kier molecular flexibility index (Phi) is 4.69. The average Bonchev–Trinajstić information content (AvgIpc) is 3.04. The molecule has 0 saturated heterocycles. The molecular weight excluding hydrogens is 344 g/mol. The van der Waals surface area contributed by atoms with Crippen molar-refractivity contribution in [2.75, 3.05) is 0 Å². The van der Waals surface area contributed by atoms with Gasteiger partial charge in [0.05, 0.1) is 12.7 Å². The van der Waals surface area contributed by atoms with Crippen molar-refractivity contribution in [3.05, 3.63) is 35.9 Å². The van der Waals surface area contributed by atoms with Crippen molar-refractivity contribution in [3.63, 3.8) is 0 Å². The summed E-state index contributed by atoms with van der Waals surface area (Å²) in [5.41, 5.74) is 2.06. The molecule has 4 aliphatic rings. The zero-order chi connectivity index (χ0) is 19.4. The third-order valence-electron chi connectivity index (χ3n) is 9.69. The van der Waals surface area contributed by atoms with E-state index in [9.17, 15) is 4.79 Å². The first-order chi connectivity index (χ1) is 13.5. The van der Waals surface area contributed by atoms with Crippen molar-refractivity contribution in [3.8, 4) is 0 Å². The average molecular weight is 381 g/mol. The van der Waals surface area contributed by atoms with Crippen molar-refractivity contribution >= 4 is 5.78 Å². The summed E-state index contributed by atoms with van der Waals surface area (Å²) in [6.07, 6.45) is 11.1. The molecule has 0 bridgehead atoms. The van der Waals surface area contributed by atoms with Crippen LogP contribution in [0.2, 0.25) is 0 Å². The molecule has 7 unspecified atom stereocenters. The summed E-state index contributed by atoms with van der Waals surface area (Å²) < 4.78 is 6.54. The highest BCUT2D eigenvalue weighted by molar-refractivity contribution is 5.79. The molecule has 4 saturated carbocycles. The molecule has 1 aromatic carbocycles. The van der Waals surface area contributed by atoms with Gasteiger partial charge in [0.2, 0.25) is 0 Å². The lowest BCUT2D eigenvalue weighted by atomic mass is 9.45. The van der Waals surface area contributed by atoms with E-state index < -0.39 is 0 Å². The van der Waals surface area contributed by atoms with E-state index in [1.54, 1.807) is 0 Å². The lowest BCUT2D eigenvalue weighted by Crippen LogP contribution is -2.54. The number of carbonyl (C=O) groups is 1. The van der Waals surface area contributed by atoms with Gasteiger partial charge in [-0.15, -0.1) is 0 Å². The van der Waals surface area contributed by atoms with Crippen molar-refractivity contribution in [1.29, 1.82) is 0 Å². The van der Waals surface area contributed by atoms with Crippen molar-refractivity contribution < 1.29 is 9.53 Å². The normalized spacial score (nSPS) is 45.2. The third kappa shape index (κ3) is 2.90. The maximum Gasteiger partial charge on any atom is 0.133 e. The molecule has 2 heteroatoms. The van der Waals surface area contributed by atoms with Gasteiger partial charge in [0.1, 0.15) is 5.78 Å². The minimum absolute atomic E-state index is 0.351. The Morgan fingerprint density at radius 2 is 1.71 bits per heavy atom. The predicted octanol–water partition coefficient (Wildman–Crippen LogP) is 6.18. The molecule has 4 aliphatic carbocycles. The van der Waals surface area contributed by atoms with Crippen molar-refractivity contribution in [1.82, 2.24) is 0 Å². The number of rotatable bonds is 3. The molecule has 7 atom stereocenters. The van der Waals surface area contributed by atoms with Gasteiger partial charge in [-0.3, -0.25) is 4.79 Å². The largest absolute Gasteiger partial charge is 0.373 e. The number of carbonyl (C=O) groups excluding carboxylic acids is 1. The number of fused-ring (bicyclic) bond motifs is 5. The van der Waals surface area contributed by atoms with Crippen molar-refractivity contribution in [2.24, 2.45) is 34.5 Å². The summed E-state index contributed by atoms with van der Waals surface area (Å²) >= 11 is 0. The highest BCUT2D eigenvalue weighted by Gasteiger charge is 2.60. The molecular formula is C26H36O2. The van der Waals surface area contributed by atoms with Crippen LogP contribution >= 0.6 is 0 Å². The third-order valence-corrected chi connectivity index (χ3v) is 9.69. The van der Waals surface area contributed by atoms with Crippen LogP contribution in [-0.2, 0) is 16.1 Å². The van der Waals surface area contributed by atoms with Crippen LogP contribution in [0.25, 0.3) is 0 Å². The van der Waals surface area contributed by atoms with E-state index in [0.717, 1.165) is 43.6 Å². The predicted molar refractivity (Wildman–Crippen MR) is 112 cm³/mol. The molecule has 4 fully saturated rings. The Bertz CT molecular complexity index is 727. The van der Waals surface area contributed by atoms with E-state index in [-0.39, 0.29) is 0 Å². The van der Waals surface area contributed by atoms with Crippen molar-refractivity contribution in [2.45, 2.75) is 84.3 Å². The highest BCUT2D eigenvalue weighted by atomic mass is 16.5. The molecule has 28 heavy (non-hydrogen) atoms. The van der Waals surface area contributed by atoms with E-state index in [1.165, 1.54) is 44.1 Å². The van der Waals surface area contributed by atoms with Gasteiger partial charge >= 0.3 is 0 Å². The van der Waals surface area contributed by atoms with Crippen LogP contribution < -0.4 is 0 Å². The van der Waals surface area contributed by atoms with Gasteiger partial charge in [0, 0.05) is 12.8 Å². The molecule has 0 aromatic heterocycles. The van der Waals surface area contributed by atoms with Gasteiger partial charge in [-0.2, -0.15) is 0 Å². The fourth-order valence-electron chi connectivity index (χ4n) is 8.04. The fourth-order valence-corrected chi connectivity index (χ4v) is 8.04. The Labute approximate surface area is 170 Å². The summed E-state index contributed by atoms with van der Waals surface area (Å²) in [5.74, 6) is 3.70. The lowest BCUT2D eigenvalue weighted by Gasteiger charge is -2.60. The zero-order valence-electron chi connectivity index (χ0n) is 17.7. The second-order valence-corrected chi connectivity index (χ2v) is 10.8.